The van der Waals surface area contributed by atoms with Crippen LogP contribution >= 0.6 is 0 Å². The van der Waals surface area contributed by atoms with E-state index in [0.29, 0.717) is 4.68 Å². The molecule has 2 rings (SSSR count). The van der Waals surface area contributed by atoms with Crippen molar-refractivity contribution in [1.82, 2.24) is 19.3 Å². The van der Waals surface area contributed by atoms with Crippen LogP contribution in [0, 0.1) is 0 Å². The monoisotopic (exact) mass is 196 g/mol. The second-order valence-electron chi connectivity index (χ2n) is 2.66. The van der Waals surface area contributed by atoms with Crippen LogP contribution in [0.15, 0.2) is 4.79 Å². The van der Waals surface area contributed by atoms with E-state index in [1.165, 1.54) is 0 Å². The van der Waals surface area contributed by atoms with Gasteiger partial charge in [-0.25, -0.2) is 9.66 Å². The van der Waals surface area contributed by atoms with Crippen molar-refractivity contribution in [2.75, 3.05) is 23.2 Å². The van der Waals surface area contributed by atoms with Gasteiger partial charge in [0.15, 0.2) is 11.2 Å². The van der Waals surface area contributed by atoms with Crippen molar-refractivity contribution in [2.45, 2.75) is 0 Å². The molecule has 0 atom stereocenters. The van der Waals surface area contributed by atoms with Crippen molar-refractivity contribution in [3.05, 3.63) is 10.4 Å². The topological polar surface area (TPSA) is 157 Å². The van der Waals surface area contributed by atoms with Crippen LogP contribution < -0.4 is 28.7 Å². The first-order valence-electron chi connectivity index (χ1n) is 3.59. The van der Waals surface area contributed by atoms with Crippen molar-refractivity contribution in [3.8, 4) is 0 Å². The van der Waals surface area contributed by atoms with Gasteiger partial charge >= 0.3 is 5.56 Å². The quantitative estimate of drug-likeness (QED) is 0.331. The van der Waals surface area contributed by atoms with Gasteiger partial charge < -0.3 is 23.2 Å². The minimum absolute atomic E-state index is 0.0123. The molecule has 0 fully saturated rings. The van der Waals surface area contributed by atoms with E-state index in [9.17, 15) is 4.79 Å². The molecule has 0 spiro atoms. The molecule has 0 saturated heterocycles. The van der Waals surface area contributed by atoms with E-state index in [2.05, 4.69) is 9.97 Å². The molecule has 2 heterocycles. The van der Waals surface area contributed by atoms with Gasteiger partial charge in [-0.15, -0.1) is 0 Å². The third-order valence-electron chi connectivity index (χ3n) is 1.80. The summed E-state index contributed by atoms with van der Waals surface area (Å²) in [4.78, 5) is 18.9. The average Bonchev–Trinajstić information content (AvgIpc) is 2.42. The fourth-order valence-corrected chi connectivity index (χ4v) is 1.07. The summed E-state index contributed by atoms with van der Waals surface area (Å²) in [5, 5.41) is 0. The van der Waals surface area contributed by atoms with Gasteiger partial charge in [0, 0.05) is 0 Å². The molecular weight excluding hydrogens is 188 g/mol. The Morgan fingerprint density at radius 1 is 1.00 bits per heavy atom. The predicted octanol–water partition coefficient (Wildman–Crippen LogP) is -2.82. The average molecular weight is 196 g/mol. The van der Waals surface area contributed by atoms with Gasteiger partial charge in [0.1, 0.15) is 0 Å². The molecule has 74 valence electrons. The minimum Gasteiger partial charge on any atom is -0.368 e. The van der Waals surface area contributed by atoms with Crippen LogP contribution in [-0.4, -0.2) is 19.3 Å². The van der Waals surface area contributed by atoms with E-state index in [4.69, 9.17) is 23.2 Å². The van der Waals surface area contributed by atoms with Crippen LogP contribution in [0.3, 0.4) is 0 Å². The van der Waals surface area contributed by atoms with E-state index in [0.717, 1.165) is 4.68 Å². The highest BCUT2D eigenvalue weighted by atomic mass is 16.1. The molecule has 0 saturated carbocycles. The lowest BCUT2D eigenvalue weighted by molar-refractivity contribution is 0.920. The molecule has 9 nitrogen and oxygen atoms in total. The van der Waals surface area contributed by atoms with Crippen molar-refractivity contribution < 1.29 is 0 Å². The van der Waals surface area contributed by atoms with Gasteiger partial charge in [-0.05, 0) is 0 Å². The molecular formula is C5H8N8O. The van der Waals surface area contributed by atoms with Crippen LogP contribution in [-0.2, 0) is 0 Å². The number of rotatable bonds is 0. The summed E-state index contributed by atoms with van der Waals surface area (Å²) in [6.45, 7) is 0. The zero-order chi connectivity index (χ0) is 10.5. The number of hydrogen-bond donors (Lipinski definition) is 4. The zero-order valence-electron chi connectivity index (χ0n) is 7.01. The molecule has 8 N–H and O–H groups in total. The van der Waals surface area contributed by atoms with Crippen molar-refractivity contribution in [2.24, 2.45) is 0 Å². The Labute approximate surface area is 76.9 Å². The molecule has 0 radical (unpaired) electrons. The first kappa shape index (κ1) is 8.16. The Balaban J connectivity index is 3.06. The van der Waals surface area contributed by atoms with Gasteiger partial charge in [0.2, 0.25) is 11.9 Å². The lowest BCUT2D eigenvalue weighted by atomic mass is 10.5. The summed E-state index contributed by atoms with van der Waals surface area (Å²) < 4.78 is 1.64. The predicted molar refractivity (Wildman–Crippen MR) is 50.9 cm³/mol. The van der Waals surface area contributed by atoms with Crippen molar-refractivity contribution >= 4 is 23.1 Å². The molecule has 2 aromatic heterocycles. The first-order chi connectivity index (χ1) is 6.52. The first-order valence-corrected chi connectivity index (χ1v) is 3.59. The van der Waals surface area contributed by atoms with Gasteiger partial charge in [-0.3, -0.25) is 4.79 Å². The van der Waals surface area contributed by atoms with Crippen LogP contribution in [0.5, 0.6) is 0 Å². The molecule has 0 amide bonds. The fraction of sp³-hybridized carbons (Fsp3) is 0. The van der Waals surface area contributed by atoms with Crippen LogP contribution in [0.2, 0.25) is 0 Å². The number of fused-ring (bicyclic) bond motifs is 1. The van der Waals surface area contributed by atoms with Gasteiger partial charge in [0.05, 0.1) is 0 Å². The van der Waals surface area contributed by atoms with E-state index >= 15 is 0 Å². The molecule has 0 aliphatic rings. The summed E-state index contributed by atoms with van der Waals surface area (Å²) in [6, 6.07) is 0. The summed E-state index contributed by atoms with van der Waals surface area (Å²) >= 11 is 0. The van der Waals surface area contributed by atoms with E-state index < -0.39 is 5.56 Å². The standard InChI is InChI=1S/C5H8N8O/c6-4-10-1-2(12(4)8)11-5(7)13(9)3(1)14/h8-9H2,(H2,6,10)(H2,7,11). The van der Waals surface area contributed by atoms with Gasteiger partial charge in [-0.2, -0.15) is 9.66 Å². The SMILES string of the molecule is Nc1nc2c(nc(N)n2N)c(=O)n1N. The second-order valence-corrected chi connectivity index (χ2v) is 2.66. The third kappa shape index (κ3) is 0.800. The molecule has 0 aliphatic carbocycles. The van der Waals surface area contributed by atoms with E-state index in [1.807, 2.05) is 0 Å². The largest absolute Gasteiger partial charge is 0.368 e. The molecule has 9 heteroatoms. The summed E-state index contributed by atoms with van der Waals surface area (Å²) in [7, 11) is 0. The Bertz CT molecular complexity index is 565. The fourth-order valence-electron chi connectivity index (χ4n) is 1.07. The number of nitrogens with zero attached hydrogens (tertiary/aromatic N) is 4. The number of aromatic nitrogens is 4. The Hall–Kier alpha value is -2.45. The van der Waals surface area contributed by atoms with E-state index in [1.54, 1.807) is 0 Å². The van der Waals surface area contributed by atoms with Crippen LogP contribution in [0.25, 0.3) is 11.2 Å². The van der Waals surface area contributed by atoms with Crippen molar-refractivity contribution in [1.29, 1.82) is 0 Å². The summed E-state index contributed by atoms with van der Waals surface area (Å²) in [5.74, 6) is 10.6. The van der Waals surface area contributed by atoms with Gasteiger partial charge in [-0.1, -0.05) is 0 Å². The Morgan fingerprint density at radius 3 is 2.21 bits per heavy atom. The molecule has 0 bridgehead atoms. The number of hydrogen-bond acceptors (Lipinski definition) is 7. The third-order valence-corrected chi connectivity index (χ3v) is 1.80. The van der Waals surface area contributed by atoms with Crippen molar-refractivity contribution in [3.63, 3.8) is 0 Å². The summed E-state index contributed by atoms with van der Waals surface area (Å²) in [6.07, 6.45) is 0. The Morgan fingerprint density at radius 2 is 1.57 bits per heavy atom. The number of nitrogens with two attached hydrogens (primary N) is 4. The number of anilines is 2. The van der Waals surface area contributed by atoms with Crippen LogP contribution in [0.1, 0.15) is 0 Å². The number of nitrogen functional groups attached to an aromatic ring is 4. The second kappa shape index (κ2) is 2.28. The highest BCUT2D eigenvalue weighted by Gasteiger charge is 2.13. The number of imidazole rings is 1. The smallest absolute Gasteiger partial charge is 0.301 e. The summed E-state index contributed by atoms with van der Waals surface area (Å²) in [5.41, 5.74) is 10.2. The van der Waals surface area contributed by atoms with Gasteiger partial charge in [0.25, 0.3) is 0 Å². The Kier molecular flexibility index (Phi) is 1.33. The molecule has 0 aliphatic heterocycles. The molecule has 2 aromatic rings. The van der Waals surface area contributed by atoms with Crippen LogP contribution in [0.4, 0.5) is 11.9 Å². The van der Waals surface area contributed by atoms with E-state index in [-0.39, 0.29) is 23.1 Å². The zero-order valence-corrected chi connectivity index (χ0v) is 7.01. The highest BCUT2D eigenvalue weighted by Crippen LogP contribution is 2.08. The lowest BCUT2D eigenvalue weighted by Gasteiger charge is -2.01. The minimum atomic E-state index is -0.594. The lowest BCUT2D eigenvalue weighted by Crippen LogP contribution is -2.31. The normalized spacial score (nSPS) is 10.9. The maximum absolute atomic E-state index is 11.4. The maximum Gasteiger partial charge on any atom is 0.301 e. The molecule has 0 unspecified atom stereocenters. The maximum atomic E-state index is 11.4. The molecule has 0 aromatic carbocycles. The molecule has 14 heavy (non-hydrogen) atoms. The highest BCUT2D eigenvalue weighted by molar-refractivity contribution is 5.74.